The molecule has 0 unspecified atom stereocenters. The Balaban J connectivity index is 1.75. The summed E-state index contributed by atoms with van der Waals surface area (Å²) in [5, 5.41) is 4.46. The molecule has 1 aromatic carbocycles. The van der Waals surface area contributed by atoms with Crippen LogP contribution in [0.1, 0.15) is 30.0 Å². The van der Waals surface area contributed by atoms with Gasteiger partial charge in [-0.15, -0.1) is 0 Å². The summed E-state index contributed by atoms with van der Waals surface area (Å²) in [7, 11) is -3.00. The molecule has 2 heterocycles. The number of rotatable bonds is 4. The molecule has 1 saturated heterocycles. The molecule has 0 bridgehead atoms. The van der Waals surface area contributed by atoms with Crippen LogP contribution in [0.4, 0.5) is 0 Å². The molecule has 2 atom stereocenters. The van der Waals surface area contributed by atoms with E-state index in [1.807, 2.05) is 13.0 Å². The molecular weight excluding hydrogens is 368 g/mol. The summed E-state index contributed by atoms with van der Waals surface area (Å²) in [4.78, 5) is 17.2. The van der Waals surface area contributed by atoms with E-state index in [4.69, 9.17) is 4.98 Å². The molecule has 1 aliphatic heterocycles. The van der Waals surface area contributed by atoms with E-state index in [0.717, 1.165) is 27.1 Å². The lowest BCUT2D eigenvalue weighted by atomic mass is 10.0. The van der Waals surface area contributed by atoms with Crippen molar-refractivity contribution >= 4 is 38.4 Å². The highest BCUT2D eigenvalue weighted by molar-refractivity contribution is 8.00. The number of aryl methyl sites for hydroxylation is 3. The van der Waals surface area contributed by atoms with E-state index in [9.17, 15) is 13.2 Å². The molecule has 1 fully saturated rings. The fraction of sp³-hybridized carbons (Fsp3) is 0.474. The summed E-state index contributed by atoms with van der Waals surface area (Å²) in [6, 6.07) is 5.92. The summed E-state index contributed by atoms with van der Waals surface area (Å²) >= 11 is 1.41. The summed E-state index contributed by atoms with van der Waals surface area (Å²) < 4.78 is 23.1. The van der Waals surface area contributed by atoms with Gasteiger partial charge in [-0.05, 0) is 56.9 Å². The van der Waals surface area contributed by atoms with E-state index >= 15 is 0 Å². The fourth-order valence-corrected chi connectivity index (χ4v) is 5.79. The maximum atomic E-state index is 12.4. The van der Waals surface area contributed by atoms with Crippen LogP contribution in [0.15, 0.2) is 23.2 Å². The van der Waals surface area contributed by atoms with Gasteiger partial charge in [0.25, 0.3) is 0 Å². The fourth-order valence-electron chi connectivity index (χ4n) is 3.19. The number of carbonyl (C=O) groups excluding carboxylic acids is 1. The molecule has 1 aromatic heterocycles. The normalized spacial score (nSPS) is 20.2. The quantitative estimate of drug-likeness (QED) is 0.810. The van der Waals surface area contributed by atoms with Crippen molar-refractivity contribution in [2.24, 2.45) is 0 Å². The molecular formula is C19H24N2O3S2. The third-order valence-electron chi connectivity index (χ3n) is 4.93. The molecule has 2 aromatic rings. The van der Waals surface area contributed by atoms with Gasteiger partial charge in [-0.2, -0.15) is 0 Å². The third-order valence-corrected chi connectivity index (χ3v) is 7.72. The van der Waals surface area contributed by atoms with E-state index in [1.54, 1.807) is 0 Å². The summed E-state index contributed by atoms with van der Waals surface area (Å²) in [6.07, 6.45) is 0.497. The summed E-state index contributed by atoms with van der Waals surface area (Å²) in [5.74, 6) is 0.0588. The van der Waals surface area contributed by atoms with Gasteiger partial charge in [0.2, 0.25) is 5.91 Å². The Morgan fingerprint density at radius 1 is 1.27 bits per heavy atom. The lowest BCUT2D eigenvalue weighted by Gasteiger charge is -2.16. The first-order valence-electron chi connectivity index (χ1n) is 8.71. The monoisotopic (exact) mass is 392 g/mol. The number of thioether (sulfide) groups is 1. The maximum Gasteiger partial charge on any atom is 0.233 e. The van der Waals surface area contributed by atoms with Crippen LogP contribution >= 0.6 is 11.8 Å². The zero-order valence-electron chi connectivity index (χ0n) is 15.5. The lowest BCUT2D eigenvalue weighted by molar-refractivity contribution is -0.120. The second-order valence-electron chi connectivity index (χ2n) is 7.05. The molecule has 0 radical (unpaired) electrons. The Hall–Kier alpha value is -1.60. The minimum atomic E-state index is -3.00. The predicted octanol–water partition coefficient (Wildman–Crippen LogP) is 2.94. The number of nitrogens with zero attached hydrogens (tertiary/aromatic N) is 1. The number of fused-ring (bicyclic) bond motifs is 1. The van der Waals surface area contributed by atoms with Gasteiger partial charge >= 0.3 is 0 Å². The van der Waals surface area contributed by atoms with Gasteiger partial charge in [0.1, 0.15) is 0 Å². The average Bonchev–Trinajstić information content (AvgIpc) is 2.90. The number of benzene rings is 1. The molecule has 0 saturated carbocycles. The van der Waals surface area contributed by atoms with E-state index < -0.39 is 9.84 Å². The number of nitrogens with one attached hydrogen (secondary N) is 1. The van der Waals surface area contributed by atoms with Crippen LogP contribution in [-0.2, 0) is 14.6 Å². The average molecular weight is 393 g/mol. The molecule has 1 aliphatic rings. The second kappa shape index (κ2) is 7.19. The van der Waals surface area contributed by atoms with Gasteiger partial charge in [0, 0.05) is 11.4 Å². The number of amides is 1. The van der Waals surface area contributed by atoms with Gasteiger partial charge in [-0.3, -0.25) is 4.79 Å². The number of aromatic nitrogens is 1. The molecule has 140 valence electrons. The van der Waals surface area contributed by atoms with Gasteiger partial charge in [0.15, 0.2) is 9.84 Å². The Kier molecular flexibility index (Phi) is 5.30. The standard InChI is InChI=1S/C19H24N2O3S2/c1-11-5-6-16-12(2)9-17(21-18(16)13(11)3)25-14(4)19(22)20-15-7-8-26(23,24)10-15/h5-6,9,14-15H,7-8,10H2,1-4H3,(H,20,22)/t14-,15-/m0/s1. The van der Waals surface area contributed by atoms with Crippen LogP contribution in [0, 0.1) is 20.8 Å². The number of carbonyl (C=O) groups is 1. The van der Waals surface area contributed by atoms with Crippen LogP contribution in [0.5, 0.6) is 0 Å². The molecule has 26 heavy (non-hydrogen) atoms. The first-order valence-corrected chi connectivity index (χ1v) is 11.4. The van der Waals surface area contributed by atoms with Crippen molar-refractivity contribution in [2.45, 2.75) is 50.4 Å². The van der Waals surface area contributed by atoms with Crippen molar-refractivity contribution in [3.63, 3.8) is 0 Å². The van der Waals surface area contributed by atoms with Gasteiger partial charge in [-0.1, -0.05) is 23.9 Å². The number of pyridine rings is 1. The molecule has 0 aliphatic carbocycles. The van der Waals surface area contributed by atoms with Gasteiger partial charge < -0.3 is 5.32 Å². The highest BCUT2D eigenvalue weighted by atomic mass is 32.2. The van der Waals surface area contributed by atoms with Crippen LogP contribution in [0.25, 0.3) is 10.9 Å². The number of sulfone groups is 1. The minimum Gasteiger partial charge on any atom is -0.351 e. The van der Waals surface area contributed by atoms with E-state index in [2.05, 4.69) is 38.2 Å². The lowest BCUT2D eigenvalue weighted by Crippen LogP contribution is -2.39. The molecule has 3 rings (SSSR count). The number of hydrogen-bond acceptors (Lipinski definition) is 5. The zero-order chi connectivity index (χ0) is 19.1. The smallest absolute Gasteiger partial charge is 0.233 e. The van der Waals surface area contributed by atoms with E-state index in [0.29, 0.717) is 6.42 Å². The first kappa shape index (κ1) is 19.2. The minimum absolute atomic E-state index is 0.0436. The highest BCUT2D eigenvalue weighted by Crippen LogP contribution is 2.29. The molecule has 5 nitrogen and oxygen atoms in total. The van der Waals surface area contributed by atoms with E-state index in [-0.39, 0.29) is 28.7 Å². The van der Waals surface area contributed by atoms with Gasteiger partial charge in [-0.25, -0.2) is 13.4 Å². The van der Waals surface area contributed by atoms with Crippen molar-refractivity contribution < 1.29 is 13.2 Å². The Morgan fingerprint density at radius 3 is 2.65 bits per heavy atom. The Bertz CT molecular complexity index is 970. The van der Waals surface area contributed by atoms with Crippen molar-refractivity contribution in [3.05, 3.63) is 34.9 Å². The summed E-state index contributed by atoms with van der Waals surface area (Å²) in [6.45, 7) is 8.01. The SMILES string of the molecule is Cc1ccc2c(C)cc(S[C@@H](C)C(=O)N[C@H]3CCS(=O)(=O)C3)nc2c1C. The Labute approximate surface area is 158 Å². The molecule has 1 amide bonds. The molecule has 0 spiro atoms. The molecule has 1 N–H and O–H groups in total. The van der Waals surface area contributed by atoms with Crippen LogP contribution in [0.3, 0.4) is 0 Å². The van der Waals surface area contributed by atoms with Crippen LogP contribution in [0.2, 0.25) is 0 Å². The van der Waals surface area contributed by atoms with Crippen molar-refractivity contribution in [2.75, 3.05) is 11.5 Å². The Morgan fingerprint density at radius 2 is 2.00 bits per heavy atom. The van der Waals surface area contributed by atoms with Crippen molar-refractivity contribution in [1.82, 2.24) is 10.3 Å². The highest BCUT2D eigenvalue weighted by Gasteiger charge is 2.30. The number of hydrogen-bond donors (Lipinski definition) is 1. The topological polar surface area (TPSA) is 76.1 Å². The third kappa shape index (κ3) is 4.04. The van der Waals surface area contributed by atoms with Gasteiger partial charge in [0.05, 0.1) is 27.3 Å². The van der Waals surface area contributed by atoms with Crippen molar-refractivity contribution in [1.29, 1.82) is 0 Å². The predicted molar refractivity (Wildman–Crippen MR) is 106 cm³/mol. The second-order valence-corrected chi connectivity index (χ2v) is 10.6. The zero-order valence-corrected chi connectivity index (χ0v) is 17.1. The summed E-state index contributed by atoms with van der Waals surface area (Å²) in [5.41, 5.74) is 4.46. The first-order chi connectivity index (χ1) is 12.2. The van der Waals surface area contributed by atoms with Crippen molar-refractivity contribution in [3.8, 4) is 0 Å². The largest absolute Gasteiger partial charge is 0.351 e. The van der Waals surface area contributed by atoms with Crippen LogP contribution in [-0.4, -0.2) is 42.1 Å². The maximum absolute atomic E-state index is 12.4. The molecule has 7 heteroatoms. The van der Waals surface area contributed by atoms with E-state index in [1.165, 1.54) is 17.3 Å². The van der Waals surface area contributed by atoms with Crippen LogP contribution < -0.4 is 5.32 Å².